The van der Waals surface area contributed by atoms with Gasteiger partial charge in [-0.2, -0.15) is 0 Å². The highest BCUT2D eigenvalue weighted by atomic mass is 16.6. The van der Waals surface area contributed by atoms with E-state index < -0.39 is 0 Å². The van der Waals surface area contributed by atoms with Gasteiger partial charge in [0.05, 0.1) is 50.8 Å². The second-order valence-electron chi connectivity index (χ2n) is 8.33. The van der Waals surface area contributed by atoms with Crippen molar-refractivity contribution in [2.45, 2.75) is 50.1 Å². The minimum atomic E-state index is 0.428. The zero-order valence-electron chi connectivity index (χ0n) is 15.5. The summed E-state index contributed by atoms with van der Waals surface area (Å²) in [4.78, 5) is 4.86. The van der Waals surface area contributed by atoms with Crippen LogP contribution in [0, 0.1) is 0 Å². The van der Waals surface area contributed by atoms with E-state index >= 15 is 0 Å². The van der Waals surface area contributed by atoms with Crippen LogP contribution in [0.25, 0.3) is 0 Å². The van der Waals surface area contributed by atoms with Crippen molar-refractivity contribution in [2.24, 2.45) is 0 Å². The lowest BCUT2D eigenvalue weighted by Gasteiger charge is -2.26. The first-order chi connectivity index (χ1) is 12.8. The normalized spacial score (nSPS) is 37.7. The average Bonchev–Trinajstić information content (AvgIpc) is 3.40. The Bertz CT molecular complexity index is 486. The van der Waals surface area contributed by atoms with Gasteiger partial charge in [0, 0.05) is 26.2 Å². The van der Waals surface area contributed by atoms with Gasteiger partial charge in [-0.1, -0.05) is 11.1 Å². The van der Waals surface area contributed by atoms with Crippen LogP contribution in [-0.4, -0.2) is 86.8 Å². The summed E-state index contributed by atoms with van der Waals surface area (Å²) in [6, 6.07) is 0. The molecule has 0 bridgehead atoms. The summed E-state index contributed by atoms with van der Waals surface area (Å²) in [7, 11) is 0. The Labute approximate surface area is 155 Å². The van der Waals surface area contributed by atoms with E-state index in [1.807, 2.05) is 0 Å². The van der Waals surface area contributed by atoms with Crippen LogP contribution in [0.5, 0.6) is 0 Å². The quantitative estimate of drug-likeness (QED) is 0.550. The smallest absolute Gasteiger partial charge is 0.0984 e. The molecule has 1 aliphatic carbocycles. The fourth-order valence-electron chi connectivity index (χ4n) is 3.85. The van der Waals surface area contributed by atoms with Crippen molar-refractivity contribution < 1.29 is 18.9 Å². The summed E-state index contributed by atoms with van der Waals surface area (Å²) < 4.78 is 21.7. The average molecular weight is 362 g/mol. The molecule has 1 saturated carbocycles. The Hall–Kier alpha value is -1.08. The highest BCUT2D eigenvalue weighted by Gasteiger charge is 2.31. The van der Waals surface area contributed by atoms with Gasteiger partial charge < -0.3 is 28.7 Å². The maximum absolute atomic E-state index is 5.44. The molecule has 4 saturated heterocycles. The van der Waals surface area contributed by atoms with Crippen molar-refractivity contribution in [1.29, 1.82) is 0 Å². The minimum absolute atomic E-state index is 0.428. The van der Waals surface area contributed by atoms with Gasteiger partial charge >= 0.3 is 0 Å². The second kappa shape index (κ2) is 7.50. The van der Waals surface area contributed by atoms with E-state index in [1.54, 1.807) is 11.1 Å². The number of hydrogen-bond donors (Lipinski definition) is 0. The van der Waals surface area contributed by atoms with E-state index in [9.17, 15) is 0 Å². The van der Waals surface area contributed by atoms with E-state index in [0.717, 1.165) is 59.0 Å². The summed E-state index contributed by atoms with van der Waals surface area (Å²) in [6.45, 7) is 7.68. The number of ether oxygens (including phenoxy) is 4. The van der Waals surface area contributed by atoms with E-state index in [1.165, 1.54) is 19.3 Å². The molecule has 5 aliphatic rings. The largest absolute Gasteiger partial charge is 0.372 e. The summed E-state index contributed by atoms with van der Waals surface area (Å²) in [5, 5.41) is 0. The molecule has 4 unspecified atom stereocenters. The first-order valence-electron chi connectivity index (χ1n) is 10.1. The van der Waals surface area contributed by atoms with E-state index in [4.69, 9.17) is 18.9 Å². The molecule has 4 atom stereocenters. The third-order valence-corrected chi connectivity index (χ3v) is 5.54. The van der Waals surface area contributed by atoms with Crippen molar-refractivity contribution in [1.82, 2.24) is 9.80 Å². The van der Waals surface area contributed by atoms with Crippen LogP contribution in [0.1, 0.15) is 25.7 Å². The molecule has 6 heteroatoms. The Morgan fingerprint density at radius 3 is 1.31 bits per heavy atom. The van der Waals surface area contributed by atoms with Crippen LogP contribution in [0.4, 0.5) is 0 Å². The number of hydrogen-bond acceptors (Lipinski definition) is 6. The zero-order valence-corrected chi connectivity index (χ0v) is 15.5. The molecular formula is C20H30N2O4. The van der Waals surface area contributed by atoms with Gasteiger partial charge in [-0.15, -0.1) is 0 Å². The molecular weight excluding hydrogens is 332 g/mol. The highest BCUT2D eigenvalue weighted by Crippen LogP contribution is 2.30. The summed E-state index contributed by atoms with van der Waals surface area (Å²) in [5.41, 5.74) is 3.10. The lowest BCUT2D eigenvalue weighted by molar-refractivity contribution is 0.274. The molecule has 6 nitrogen and oxygen atoms in total. The molecule has 0 amide bonds. The molecule has 4 aliphatic heterocycles. The lowest BCUT2D eigenvalue weighted by atomic mass is 9.91. The molecule has 26 heavy (non-hydrogen) atoms. The van der Waals surface area contributed by atoms with Crippen LogP contribution >= 0.6 is 0 Å². The van der Waals surface area contributed by atoms with E-state index in [2.05, 4.69) is 22.2 Å². The maximum Gasteiger partial charge on any atom is 0.0984 e. The van der Waals surface area contributed by atoms with Gasteiger partial charge in [-0.05, 0) is 38.1 Å². The van der Waals surface area contributed by atoms with Crippen LogP contribution in [-0.2, 0) is 18.9 Å². The van der Waals surface area contributed by atoms with Gasteiger partial charge in [0.15, 0.2) is 0 Å². The molecule has 144 valence electrons. The van der Waals surface area contributed by atoms with Gasteiger partial charge in [0.1, 0.15) is 0 Å². The standard InChI is InChI=1S/C20H30N2O4/c1-2-15(5-21(7-17-11-23-17)8-18-12-24-18)4-16(3-1)6-22(9-19-13-25-19)10-20-14-26-20/h5-6,17-20H,1-4,7-14H2/b15-5-,16-6+. The molecule has 0 aromatic carbocycles. The van der Waals surface area contributed by atoms with Gasteiger partial charge in [-0.25, -0.2) is 0 Å². The Morgan fingerprint density at radius 2 is 1.00 bits per heavy atom. The second-order valence-corrected chi connectivity index (χ2v) is 8.33. The van der Waals surface area contributed by atoms with Gasteiger partial charge in [-0.3, -0.25) is 0 Å². The first-order valence-corrected chi connectivity index (χ1v) is 10.1. The summed E-state index contributed by atoms with van der Waals surface area (Å²) in [6.07, 6.45) is 11.3. The van der Waals surface area contributed by atoms with Gasteiger partial charge in [0.25, 0.3) is 0 Å². The zero-order chi connectivity index (χ0) is 17.3. The molecule has 0 radical (unpaired) electrons. The minimum Gasteiger partial charge on any atom is -0.372 e. The van der Waals surface area contributed by atoms with Crippen molar-refractivity contribution in [3.8, 4) is 0 Å². The predicted octanol–water partition coefficient (Wildman–Crippen LogP) is 1.53. The molecule has 4 heterocycles. The topological polar surface area (TPSA) is 56.6 Å². The molecule has 0 N–H and O–H groups in total. The van der Waals surface area contributed by atoms with Crippen LogP contribution in [0.2, 0.25) is 0 Å². The highest BCUT2D eigenvalue weighted by molar-refractivity contribution is 5.19. The van der Waals surface area contributed by atoms with Crippen LogP contribution in [0.15, 0.2) is 23.5 Å². The third kappa shape index (κ3) is 5.46. The van der Waals surface area contributed by atoms with Crippen molar-refractivity contribution >= 4 is 0 Å². The molecule has 0 aromatic heterocycles. The van der Waals surface area contributed by atoms with Crippen molar-refractivity contribution in [3.63, 3.8) is 0 Å². The molecule has 5 rings (SSSR count). The Balaban J connectivity index is 1.21. The monoisotopic (exact) mass is 362 g/mol. The molecule has 0 aromatic rings. The SMILES string of the molecule is C(=C1\CCC/C(=C\N(CC2CO2)CC2CO2)C1)/N(CC1CO1)CC1CO1. The summed E-state index contributed by atoms with van der Waals surface area (Å²) >= 11 is 0. The fourth-order valence-corrected chi connectivity index (χ4v) is 3.85. The van der Waals surface area contributed by atoms with Crippen LogP contribution < -0.4 is 0 Å². The molecule has 5 fully saturated rings. The van der Waals surface area contributed by atoms with E-state index in [0.29, 0.717) is 24.4 Å². The predicted molar refractivity (Wildman–Crippen MR) is 96.7 cm³/mol. The first kappa shape index (κ1) is 17.0. The number of epoxide rings is 4. The van der Waals surface area contributed by atoms with Gasteiger partial charge in [0.2, 0.25) is 0 Å². The fraction of sp³-hybridized carbons (Fsp3) is 0.800. The third-order valence-electron chi connectivity index (χ3n) is 5.54. The van der Waals surface area contributed by atoms with E-state index in [-0.39, 0.29) is 0 Å². The van der Waals surface area contributed by atoms with Crippen LogP contribution in [0.3, 0.4) is 0 Å². The molecule has 0 spiro atoms. The van der Waals surface area contributed by atoms with Crippen molar-refractivity contribution in [3.05, 3.63) is 23.5 Å². The number of rotatable bonds is 10. The Kier molecular flexibility index (Phi) is 4.92. The number of allylic oxidation sites excluding steroid dienone is 2. The number of nitrogens with zero attached hydrogens (tertiary/aromatic N) is 2. The summed E-state index contributed by atoms with van der Waals surface area (Å²) in [5.74, 6) is 0. The maximum atomic E-state index is 5.44. The lowest BCUT2D eigenvalue weighted by Crippen LogP contribution is -2.28. The Morgan fingerprint density at radius 1 is 0.654 bits per heavy atom. The van der Waals surface area contributed by atoms with Crippen molar-refractivity contribution in [2.75, 3.05) is 52.6 Å².